The van der Waals surface area contributed by atoms with Crippen LogP contribution in [0.4, 0.5) is 0 Å². The number of hydrogen-bond donors (Lipinski definition) is 2. The number of hydrazine groups is 1. The van der Waals surface area contributed by atoms with Crippen molar-refractivity contribution in [2.24, 2.45) is 7.05 Å². The van der Waals surface area contributed by atoms with E-state index in [-0.39, 0.29) is 24.0 Å². The van der Waals surface area contributed by atoms with Crippen LogP contribution in [0.1, 0.15) is 49.6 Å². The molecule has 0 aromatic carbocycles. The van der Waals surface area contributed by atoms with E-state index in [9.17, 15) is 4.79 Å². The fourth-order valence-electron chi connectivity index (χ4n) is 3.34. The molecule has 26 heavy (non-hydrogen) atoms. The molecule has 1 aliphatic rings. The third kappa shape index (κ3) is 3.78. The lowest BCUT2D eigenvalue weighted by atomic mass is 10.0. The Labute approximate surface area is 154 Å². The van der Waals surface area contributed by atoms with Crippen LogP contribution in [-0.4, -0.2) is 37.7 Å². The Bertz CT molecular complexity index is 744. The van der Waals surface area contributed by atoms with Crippen LogP contribution in [0.5, 0.6) is 0 Å². The summed E-state index contributed by atoms with van der Waals surface area (Å²) in [5, 5.41) is 4.31. The standard InChI is InChI=1S/C19H28N6O/c1-5-13(2)25(12-15-7-6-8-20-10-15)19(26)18-9-17(22-23-18)16-11-21-24(4)14(16)3/h6-8,10-11,13,17-18,22-23H,5,9,12H2,1-4H3. The van der Waals surface area contributed by atoms with Gasteiger partial charge in [0.2, 0.25) is 5.91 Å². The van der Waals surface area contributed by atoms with Crippen molar-refractivity contribution in [1.82, 2.24) is 30.5 Å². The molecule has 1 amide bonds. The summed E-state index contributed by atoms with van der Waals surface area (Å²) in [6.45, 7) is 6.83. The molecule has 0 spiro atoms. The Kier molecular flexibility index (Phi) is 5.68. The minimum absolute atomic E-state index is 0.0924. The van der Waals surface area contributed by atoms with Gasteiger partial charge in [-0.2, -0.15) is 5.10 Å². The van der Waals surface area contributed by atoms with Crippen molar-refractivity contribution >= 4 is 5.91 Å². The topological polar surface area (TPSA) is 75.1 Å². The molecular weight excluding hydrogens is 328 g/mol. The number of aromatic nitrogens is 3. The number of pyridine rings is 1. The molecule has 3 rings (SSSR count). The smallest absolute Gasteiger partial charge is 0.241 e. The van der Waals surface area contributed by atoms with E-state index in [0.717, 1.165) is 23.2 Å². The maximum absolute atomic E-state index is 13.2. The molecule has 1 aliphatic heterocycles. The number of carbonyl (C=O) groups excluding carboxylic acids is 1. The van der Waals surface area contributed by atoms with Gasteiger partial charge in [-0.25, -0.2) is 10.9 Å². The summed E-state index contributed by atoms with van der Waals surface area (Å²) in [5.41, 5.74) is 9.77. The average Bonchev–Trinajstić information content (AvgIpc) is 3.27. The molecule has 3 atom stereocenters. The van der Waals surface area contributed by atoms with Crippen molar-refractivity contribution in [3.05, 3.63) is 47.5 Å². The lowest BCUT2D eigenvalue weighted by Crippen LogP contribution is -2.48. The molecular formula is C19H28N6O. The highest BCUT2D eigenvalue weighted by Gasteiger charge is 2.35. The number of hydrogen-bond acceptors (Lipinski definition) is 5. The van der Waals surface area contributed by atoms with Crippen molar-refractivity contribution < 1.29 is 4.79 Å². The van der Waals surface area contributed by atoms with Crippen molar-refractivity contribution in [2.45, 2.75) is 58.3 Å². The summed E-state index contributed by atoms with van der Waals surface area (Å²) in [7, 11) is 1.93. The molecule has 140 valence electrons. The summed E-state index contributed by atoms with van der Waals surface area (Å²) in [4.78, 5) is 19.3. The number of amides is 1. The summed E-state index contributed by atoms with van der Waals surface area (Å²) in [5.74, 6) is 0.125. The molecule has 1 saturated heterocycles. The second-order valence-corrected chi connectivity index (χ2v) is 7.02. The number of rotatable bonds is 6. The second kappa shape index (κ2) is 7.97. The highest BCUT2D eigenvalue weighted by Crippen LogP contribution is 2.26. The summed E-state index contributed by atoms with van der Waals surface area (Å²) in [6.07, 6.45) is 7.08. The molecule has 3 heterocycles. The minimum atomic E-state index is -0.245. The predicted molar refractivity (Wildman–Crippen MR) is 99.9 cm³/mol. The number of nitrogens with zero attached hydrogens (tertiary/aromatic N) is 4. The zero-order valence-corrected chi connectivity index (χ0v) is 15.9. The fourth-order valence-corrected chi connectivity index (χ4v) is 3.34. The van der Waals surface area contributed by atoms with E-state index < -0.39 is 0 Å². The molecule has 7 heteroatoms. The van der Waals surface area contributed by atoms with E-state index in [1.807, 2.05) is 48.1 Å². The van der Waals surface area contributed by atoms with Gasteiger partial charge in [0.05, 0.1) is 12.2 Å². The van der Waals surface area contributed by atoms with Gasteiger partial charge >= 0.3 is 0 Å². The van der Waals surface area contributed by atoms with Gasteiger partial charge in [0, 0.05) is 43.3 Å². The highest BCUT2D eigenvalue weighted by molar-refractivity contribution is 5.82. The number of carbonyl (C=O) groups is 1. The molecule has 0 aliphatic carbocycles. The van der Waals surface area contributed by atoms with Gasteiger partial charge in [0.15, 0.2) is 0 Å². The molecule has 3 unspecified atom stereocenters. The van der Waals surface area contributed by atoms with Gasteiger partial charge in [-0.15, -0.1) is 0 Å². The van der Waals surface area contributed by atoms with Crippen LogP contribution in [0.2, 0.25) is 0 Å². The monoisotopic (exact) mass is 356 g/mol. The Balaban J connectivity index is 1.72. The van der Waals surface area contributed by atoms with E-state index in [2.05, 4.69) is 34.8 Å². The van der Waals surface area contributed by atoms with Crippen LogP contribution in [-0.2, 0) is 18.4 Å². The molecule has 7 nitrogen and oxygen atoms in total. The van der Waals surface area contributed by atoms with E-state index in [1.54, 1.807) is 6.20 Å². The first-order valence-electron chi connectivity index (χ1n) is 9.20. The van der Waals surface area contributed by atoms with Gasteiger partial charge in [-0.3, -0.25) is 14.5 Å². The van der Waals surface area contributed by atoms with Crippen LogP contribution in [0, 0.1) is 6.92 Å². The average molecular weight is 356 g/mol. The summed E-state index contributed by atoms with van der Waals surface area (Å²) in [6, 6.07) is 3.94. The Morgan fingerprint density at radius 1 is 1.42 bits per heavy atom. The summed E-state index contributed by atoms with van der Waals surface area (Å²) < 4.78 is 1.86. The van der Waals surface area contributed by atoms with Gasteiger partial charge in [0.25, 0.3) is 0 Å². The van der Waals surface area contributed by atoms with Crippen molar-refractivity contribution in [3.8, 4) is 0 Å². The zero-order chi connectivity index (χ0) is 18.7. The fraction of sp³-hybridized carbons (Fsp3) is 0.526. The van der Waals surface area contributed by atoms with Crippen LogP contribution >= 0.6 is 0 Å². The maximum atomic E-state index is 13.2. The van der Waals surface area contributed by atoms with Crippen molar-refractivity contribution in [1.29, 1.82) is 0 Å². The quantitative estimate of drug-likeness (QED) is 0.826. The van der Waals surface area contributed by atoms with Crippen LogP contribution in [0.15, 0.2) is 30.7 Å². The first-order chi connectivity index (χ1) is 12.5. The highest BCUT2D eigenvalue weighted by atomic mass is 16.2. The number of aryl methyl sites for hydroxylation is 1. The normalized spacial score (nSPS) is 20.9. The Hall–Kier alpha value is -2.25. The predicted octanol–water partition coefficient (Wildman–Crippen LogP) is 1.86. The van der Waals surface area contributed by atoms with Gasteiger partial charge in [0.1, 0.15) is 6.04 Å². The molecule has 0 saturated carbocycles. The van der Waals surface area contributed by atoms with Gasteiger partial charge in [-0.1, -0.05) is 13.0 Å². The summed E-state index contributed by atoms with van der Waals surface area (Å²) >= 11 is 0. The minimum Gasteiger partial charge on any atom is -0.334 e. The van der Waals surface area contributed by atoms with E-state index in [0.29, 0.717) is 13.0 Å². The second-order valence-electron chi connectivity index (χ2n) is 7.02. The van der Waals surface area contributed by atoms with Crippen LogP contribution < -0.4 is 10.9 Å². The van der Waals surface area contributed by atoms with Crippen molar-refractivity contribution in [2.75, 3.05) is 0 Å². The zero-order valence-electron chi connectivity index (χ0n) is 15.9. The largest absolute Gasteiger partial charge is 0.334 e. The first-order valence-corrected chi connectivity index (χ1v) is 9.20. The van der Waals surface area contributed by atoms with E-state index in [1.165, 1.54) is 0 Å². The Morgan fingerprint density at radius 2 is 2.23 bits per heavy atom. The lowest BCUT2D eigenvalue weighted by Gasteiger charge is -2.31. The molecule has 2 aromatic rings. The van der Waals surface area contributed by atoms with Crippen LogP contribution in [0.25, 0.3) is 0 Å². The third-order valence-corrected chi connectivity index (χ3v) is 5.33. The molecule has 0 radical (unpaired) electrons. The SMILES string of the molecule is CCC(C)N(Cc1cccnc1)C(=O)C1CC(c2cnn(C)c2C)NN1. The molecule has 0 bridgehead atoms. The van der Waals surface area contributed by atoms with Gasteiger partial charge < -0.3 is 4.90 Å². The van der Waals surface area contributed by atoms with Gasteiger partial charge in [-0.05, 0) is 38.3 Å². The molecule has 1 fully saturated rings. The molecule has 2 aromatic heterocycles. The van der Waals surface area contributed by atoms with Crippen molar-refractivity contribution in [3.63, 3.8) is 0 Å². The van der Waals surface area contributed by atoms with E-state index >= 15 is 0 Å². The number of nitrogens with one attached hydrogen (secondary N) is 2. The molecule has 2 N–H and O–H groups in total. The first kappa shape index (κ1) is 18.5. The van der Waals surface area contributed by atoms with Crippen LogP contribution in [0.3, 0.4) is 0 Å². The Morgan fingerprint density at radius 3 is 2.85 bits per heavy atom. The third-order valence-electron chi connectivity index (χ3n) is 5.33. The van der Waals surface area contributed by atoms with E-state index in [4.69, 9.17) is 0 Å². The lowest BCUT2D eigenvalue weighted by molar-refractivity contribution is -0.136. The maximum Gasteiger partial charge on any atom is 0.241 e.